The Bertz CT molecular complexity index is 1200. The molecule has 7 heteroatoms. The second-order valence-corrected chi connectivity index (χ2v) is 9.72. The fraction of sp³-hybridized carbons (Fsp3) is 0.292. The van der Waals surface area contributed by atoms with E-state index in [4.69, 9.17) is 4.74 Å². The van der Waals surface area contributed by atoms with E-state index in [0.29, 0.717) is 36.6 Å². The zero-order valence-corrected chi connectivity index (χ0v) is 18.5. The molecule has 0 atom stereocenters. The van der Waals surface area contributed by atoms with Gasteiger partial charge in [-0.05, 0) is 47.9 Å². The van der Waals surface area contributed by atoms with Gasteiger partial charge >= 0.3 is 0 Å². The summed E-state index contributed by atoms with van der Waals surface area (Å²) in [6.07, 6.45) is 1.000. The molecule has 3 aromatic carbocycles. The van der Waals surface area contributed by atoms with E-state index in [-0.39, 0.29) is 11.8 Å². The Morgan fingerprint density at radius 3 is 2.39 bits per heavy atom. The Kier molecular flexibility index (Phi) is 5.98. The summed E-state index contributed by atoms with van der Waals surface area (Å²) in [5.41, 5.74) is 0.760. The Balaban J connectivity index is 1.45. The molecule has 1 heterocycles. The topological polar surface area (TPSA) is 66.9 Å². The summed E-state index contributed by atoms with van der Waals surface area (Å²) in [5, 5.41) is 1.90. The number of rotatable bonds is 5. The van der Waals surface area contributed by atoms with Crippen molar-refractivity contribution in [2.24, 2.45) is 5.92 Å². The van der Waals surface area contributed by atoms with Crippen LogP contribution in [0.1, 0.15) is 12.8 Å². The average Bonchev–Trinajstić information content (AvgIpc) is 2.82. The van der Waals surface area contributed by atoms with Crippen molar-refractivity contribution in [3.8, 4) is 5.75 Å². The van der Waals surface area contributed by atoms with E-state index in [0.717, 1.165) is 16.5 Å². The van der Waals surface area contributed by atoms with Gasteiger partial charge in [0.1, 0.15) is 5.75 Å². The minimum Gasteiger partial charge on any atom is -0.497 e. The Morgan fingerprint density at radius 2 is 1.68 bits per heavy atom. The van der Waals surface area contributed by atoms with Crippen molar-refractivity contribution in [2.45, 2.75) is 17.7 Å². The van der Waals surface area contributed by atoms with Crippen LogP contribution < -0.4 is 9.64 Å². The highest BCUT2D eigenvalue weighted by Crippen LogP contribution is 2.28. The van der Waals surface area contributed by atoms with Gasteiger partial charge in [0.2, 0.25) is 15.9 Å². The summed E-state index contributed by atoms with van der Waals surface area (Å²) in [4.78, 5) is 14.9. The van der Waals surface area contributed by atoms with Gasteiger partial charge in [-0.2, -0.15) is 4.31 Å². The lowest BCUT2D eigenvalue weighted by molar-refractivity contribution is -0.123. The quantitative estimate of drug-likeness (QED) is 0.606. The highest BCUT2D eigenvalue weighted by atomic mass is 32.2. The molecule has 6 nitrogen and oxygen atoms in total. The third-order valence-electron chi connectivity index (χ3n) is 5.93. The number of amides is 1. The molecule has 0 saturated carbocycles. The summed E-state index contributed by atoms with van der Waals surface area (Å²) >= 11 is 0. The van der Waals surface area contributed by atoms with Crippen LogP contribution in [0.5, 0.6) is 5.75 Å². The lowest BCUT2D eigenvalue weighted by atomic mass is 9.96. The van der Waals surface area contributed by atoms with Crippen LogP contribution in [0, 0.1) is 5.92 Å². The molecule has 4 rings (SSSR count). The van der Waals surface area contributed by atoms with Crippen LogP contribution in [0.15, 0.2) is 71.6 Å². The van der Waals surface area contributed by atoms with Gasteiger partial charge in [-0.1, -0.05) is 36.4 Å². The third-order valence-corrected chi connectivity index (χ3v) is 7.83. The van der Waals surface area contributed by atoms with Crippen LogP contribution in [-0.4, -0.2) is 45.9 Å². The van der Waals surface area contributed by atoms with Gasteiger partial charge in [-0.3, -0.25) is 4.79 Å². The average molecular weight is 439 g/mol. The van der Waals surface area contributed by atoms with Crippen molar-refractivity contribution < 1.29 is 17.9 Å². The van der Waals surface area contributed by atoms with E-state index in [9.17, 15) is 13.2 Å². The first-order valence-electron chi connectivity index (χ1n) is 10.3. The molecule has 1 amide bonds. The molecule has 0 spiro atoms. The maximum Gasteiger partial charge on any atom is 0.243 e. The number of sulfonamides is 1. The first-order valence-corrected chi connectivity index (χ1v) is 11.7. The van der Waals surface area contributed by atoms with Crippen LogP contribution in [0.2, 0.25) is 0 Å². The molecule has 1 fully saturated rings. The first kappa shape index (κ1) is 21.3. The SMILES string of the molecule is COc1cccc(N(C)C(=O)C2CCN(S(=O)(=O)c3ccc4ccccc4c3)CC2)c1. The van der Waals surface area contributed by atoms with Gasteiger partial charge in [0.15, 0.2) is 0 Å². The monoisotopic (exact) mass is 438 g/mol. The number of hydrogen-bond donors (Lipinski definition) is 0. The van der Waals surface area contributed by atoms with E-state index < -0.39 is 10.0 Å². The number of fused-ring (bicyclic) bond motifs is 1. The highest BCUT2D eigenvalue weighted by Gasteiger charge is 2.33. The normalized spacial score (nSPS) is 15.7. The fourth-order valence-electron chi connectivity index (χ4n) is 4.04. The summed E-state index contributed by atoms with van der Waals surface area (Å²) in [5.74, 6) is 0.476. The molecule has 0 bridgehead atoms. The van der Waals surface area contributed by atoms with E-state index >= 15 is 0 Å². The molecule has 1 aliphatic heterocycles. The van der Waals surface area contributed by atoms with Crippen LogP contribution in [-0.2, 0) is 14.8 Å². The van der Waals surface area contributed by atoms with Gasteiger partial charge < -0.3 is 9.64 Å². The Labute approximate surface area is 183 Å². The van der Waals surface area contributed by atoms with E-state index in [1.807, 2.05) is 54.6 Å². The maximum absolute atomic E-state index is 13.2. The largest absolute Gasteiger partial charge is 0.497 e. The minimum atomic E-state index is -3.59. The Hall–Kier alpha value is -2.90. The molecule has 1 saturated heterocycles. The number of carbonyl (C=O) groups excluding carboxylic acids is 1. The van der Waals surface area contributed by atoms with Gasteiger partial charge in [0.25, 0.3) is 0 Å². The zero-order chi connectivity index (χ0) is 22.0. The second kappa shape index (κ2) is 8.69. The lowest BCUT2D eigenvalue weighted by Crippen LogP contribution is -2.43. The number of nitrogens with zero attached hydrogens (tertiary/aromatic N) is 2. The molecular weight excluding hydrogens is 412 g/mol. The number of methoxy groups -OCH3 is 1. The molecule has 162 valence electrons. The van der Waals surface area contributed by atoms with Crippen LogP contribution in [0.3, 0.4) is 0 Å². The summed E-state index contributed by atoms with van der Waals surface area (Å²) < 4.78 is 33.0. The molecular formula is C24H26N2O4S. The molecule has 3 aromatic rings. The van der Waals surface area contributed by atoms with Gasteiger partial charge in [-0.25, -0.2) is 8.42 Å². The maximum atomic E-state index is 13.2. The summed E-state index contributed by atoms with van der Waals surface area (Å²) in [6, 6.07) is 20.3. The van der Waals surface area contributed by atoms with E-state index in [1.54, 1.807) is 31.2 Å². The molecule has 1 aliphatic rings. The van der Waals surface area contributed by atoms with E-state index in [1.165, 1.54) is 4.31 Å². The summed E-state index contributed by atoms with van der Waals surface area (Å²) in [6.45, 7) is 0.662. The van der Waals surface area contributed by atoms with E-state index in [2.05, 4.69) is 0 Å². The summed E-state index contributed by atoms with van der Waals surface area (Å²) in [7, 11) is -0.257. The van der Waals surface area contributed by atoms with Crippen molar-refractivity contribution >= 4 is 32.4 Å². The number of carbonyl (C=O) groups is 1. The molecule has 0 unspecified atom stereocenters. The lowest BCUT2D eigenvalue weighted by Gasteiger charge is -2.32. The van der Waals surface area contributed by atoms with Crippen LogP contribution >= 0.6 is 0 Å². The highest BCUT2D eigenvalue weighted by molar-refractivity contribution is 7.89. The predicted molar refractivity (Wildman–Crippen MR) is 122 cm³/mol. The number of hydrogen-bond acceptors (Lipinski definition) is 4. The number of piperidine rings is 1. The van der Waals surface area contributed by atoms with Crippen molar-refractivity contribution in [3.05, 3.63) is 66.7 Å². The Morgan fingerprint density at radius 1 is 0.968 bits per heavy atom. The minimum absolute atomic E-state index is 0.00370. The molecule has 0 aromatic heterocycles. The van der Waals surface area contributed by atoms with Gasteiger partial charge in [-0.15, -0.1) is 0 Å². The smallest absolute Gasteiger partial charge is 0.243 e. The third kappa shape index (κ3) is 4.29. The predicted octanol–water partition coefficient (Wildman–Crippen LogP) is 3.91. The standard InChI is InChI=1S/C24H26N2O4S/c1-25(21-8-5-9-22(17-21)30-2)24(27)19-12-14-26(15-13-19)31(28,29)23-11-10-18-6-3-4-7-20(18)16-23/h3-11,16-17,19H,12-15H2,1-2H3. The number of anilines is 1. The molecule has 0 aliphatic carbocycles. The second-order valence-electron chi connectivity index (χ2n) is 7.79. The molecule has 0 N–H and O–H groups in total. The zero-order valence-electron chi connectivity index (χ0n) is 17.7. The van der Waals surface area contributed by atoms with Gasteiger partial charge in [0.05, 0.1) is 12.0 Å². The van der Waals surface area contributed by atoms with Crippen molar-refractivity contribution in [2.75, 3.05) is 32.1 Å². The molecule has 0 radical (unpaired) electrons. The molecule has 31 heavy (non-hydrogen) atoms. The van der Waals surface area contributed by atoms with Crippen molar-refractivity contribution in [1.29, 1.82) is 0 Å². The number of ether oxygens (including phenoxy) is 1. The first-order chi connectivity index (χ1) is 14.9. The number of benzene rings is 3. The van der Waals surface area contributed by atoms with Crippen LogP contribution in [0.25, 0.3) is 10.8 Å². The van der Waals surface area contributed by atoms with Crippen molar-refractivity contribution in [1.82, 2.24) is 4.31 Å². The van der Waals surface area contributed by atoms with Gasteiger partial charge in [0, 0.05) is 37.8 Å². The van der Waals surface area contributed by atoms with Crippen molar-refractivity contribution in [3.63, 3.8) is 0 Å². The fourth-order valence-corrected chi connectivity index (χ4v) is 5.55. The van der Waals surface area contributed by atoms with Crippen LogP contribution in [0.4, 0.5) is 5.69 Å².